The Morgan fingerprint density at radius 1 is 1.00 bits per heavy atom. The van der Waals surface area contributed by atoms with Crippen LogP contribution in [0.25, 0.3) is 5.69 Å². The van der Waals surface area contributed by atoms with E-state index >= 15 is 0 Å². The van der Waals surface area contributed by atoms with Crippen molar-refractivity contribution < 1.29 is 45.4 Å². The van der Waals surface area contributed by atoms with Crippen LogP contribution in [0.5, 0.6) is 0 Å². The lowest BCUT2D eigenvalue weighted by molar-refractivity contribution is -0.225. The third-order valence-electron chi connectivity index (χ3n) is 5.15. The number of carbonyl (C=O) groups excluding carboxylic acids is 2. The van der Waals surface area contributed by atoms with E-state index in [9.17, 15) is 35.9 Å². The Labute approximate surface area is 186 Å². The molecular weight excluding hydrogens is 484 g/mol. The summed E-state index contributed by atoms with van der Waals surface area (Å²) in [7, 11) is 0. The van der Waals surface area contributed by atoms with Crippen molar-refractivity contribution in [1.82, 2.24) is 15.1 Å². The molecule has 0 bridgehead atoms. The molecule has 2 aliphatic heterocycles. The number of halogens is 7. The zero-order valence-corrected chi connectivity index (χ0v) is 17.2. The van der Waals surface area contributed by atoms with E-state index in [0.29, 0.717) is 0 Å². The molecule has 1 fully saturated rings. The molecule has 1 aromatic carbocycles. The summed E-state index contributed by atoms with van der Waals surface area (Å²) < 4.78 is 91.4. The van der Waals surface area contributed by atoms with Gasteiger partial charge >= 0.3 is 24.3 Å². The first kappa shape index (κ1) is 23.4. The fraction of sp³-hybridized carbons (Fsp3) is 0.421. The van der Waals surface area contributed by atoms with Crippen LogP contribution < -0.4 is 5.32 Å². The Morgan fingerprint density at radius 2 is 1.64 bits per heavy atom. The summed E-state index contributed by atoms with van der Waals surface area (Å²) in [6, 6.07) is 2.29. The number of aromatic nitrogens is 2. The highest BCUT2D eigenvalue weighted by atomic mass is 35.5. The highest BCUT2D eigenvalue weighted by Crippen LogP contribution is 2.42. The first-order valence-corrected chi connectivity index (χ1v) is 9.91. The smallest absolute Gasteiger partial charge is 0.416 e. The SMILES string of the molecule is O=C1CCC(=O)OC2(CNCCc3c2ccc(Cl)c3-n2nc(C(F)(F)F)cc2C(F)(F)F)O1. The molecule has 33 heavy (non-hydrogen) atoms. The van der Waals surface area contributed by atoms with Gasteiger partial charge in [0.15, 0.2) is 5.69 Å². The molecule has 0 aliphatic carbocycles. The fourth-order valence-electron chi connectivity index (χ4n) is 3.78. The maximum Gasteiger partial charge on any atom is 0.435 e. The van der Waals surface area contributed by atoms with Crippen molar-refractivity contribution in [1.29, 1.82) is 0 Å². The number of hydrogen-bond donors (Lipinski definition) is 1. The summed E-state index contributed by atoms with van der Waals surface area (Å²) in [4.78, 5) is 24.3. The lowest BCUT2D eigenvalue weighted by Gasteiger charge is -2.32. The number of ether oxygens (including phenoxy) is 2. The lowest BCUT2D eigenvalue weighted by atomic mass is 9.96. The van der Waals surface area contributed by atoms with E-state index in [1.165, 1.54) is 6.07 Å². The quantitative estimate of drug-likeness (QED) is 0.477. The molecule has 14 heteroatoms. The molecule has 0 amide bonds. The van der Waals surface area contributed by atoms with Crippen LogP contribution in [-0.4, -0.2) is 34.8 Å². The Hall–Kier alpha value is -2.80. The van der Waals surface area contributed by atoms with E-state index in [0.717, 1.165) is 6.07 Å². The zero-order chi connectivity index (χ0) is 24.2. The van der Waals surface area contributed by atoms with Gasteiger partial charge in [-0.05, 0) is 30.7 Å². The first-order chi connectivity index (χ1) is 15.3. The predicted octanol–water partition coefficient (Wildman–Crippen LogP) is 3.74. The van der Waals surface area contributed by atoms with Crippen LogP contribution in [0.15, 0.2) is 18.2 Å². The van der Waals surface area contributed by atoms with E-state index in [4.69, 9.17) is 21.1 Å². The van der Waals surface area contributed by atoms with Gasteiger partial charge in [-0.2, -0.15) is 31.4 Å². The second-order valence-corrected chi connectivity index (χ2v) is 7.78. The van der Waals surface area contributed by atoms with Gasteiger partial charge in [0.2, 0.25) is 0 Å². The average Bonchev–Trinajstić information content (AvgIpc) is 3.01. The standard InChI is InChI=1S/C19H14ClF6N3O4/c20-11-2-1-10-9(5-6-27-8-17(10)32-14(30)3-4-15(31)33-17)16(11)29-13(19(24,25)26)7-12(28-29)18(21,22)23/h1-2,7,27H,3-6,8H2. The van der Waals surface area contributed by atoms with Crippen LogP contribution in [0.3, 0.4) is 0 Å². The highest BCUT2D eigenvalue weighted by Gasteiger charge is 2.47. The van der Waals surface area contributed by atoms with Crippen molar-refractivity contribution in [3.8, 4) is 5.69 Å². The summed E-state index contributed by atoms with van der Waals surface area (Å²) >= 11 is 6.17. The third kappa shape index (κ3) is 4.26. The second kappa shape index (κ2) is 7.90. The molecule has 3 heterocycles. The Bertz CT molecular complexity index is 1110. The van der Waals surface area contributed by atoms with Gasteiger partial charge in [0.05, 0.1) is 30.1 Å². The van der Waals surface area contributed by atoms with Gasteiger partial charge in [-0.25, -0.2) is 4.68 Å². The Morgan fingerprint density at radius 3 is 2.21 bits per heavy atom. The number of benzene rings is 1. The molecule has 4 rings (SSSR count). The van der Waals surface area contributed by atoms with Crippen molar-refractivity contribution in [3.05, 3.63) is 45.7 Å². The van der Waals surface area contributed by atoms with Gasteiger partial charge in [0, 0.05) is 11.6 Å². The number of nitrogens with zero attached hydrogens (tertiary/aromatic N) is 2. The Kier molecular flexibility index (Phi) is 5.60. The molecule has 0 radical (unpaired) electrons. The van der Waals surface area contributed by atoms with Crippen LogP contribution in [0.2, 0.25) is 5.02 Å². The molecule has 2 aliphatic rings. The van der Waals surface area contributed by atoms with E-state index in [1.54, 1.807) is 0 Å². The summed E-state index contributed by atoms with van der Waals surface area (Å²) in [5.41, 5.74) is -4.00. The van der Waals surface area contributed by atoms with E-state index in [1.807, 2.05) is 0 Å². The lowest BCUT2D eigenvalue weighted by Crippen LogP contribution is -2.43. The number of fused-ring (bicyclic) bond motifs is 2. The molecule has 2 aromatic rings. The van der Waals surface area contributed by atoms with Crippen molar-refractivity contribution in [2.24, 2.45) is 0 Å². The predicted molar refractivity (Wildman–Crippen MR) is 98.2 cm³/mol. The number of rotatable bonds is 1. The monoisotopic (exact) mass is 497 g/mol. The van der Waals surface area contributed by atoms with Crippen LogP contribution in [0, 0.1) is 0 Å². The van der Waals surface area contributed by atoms with Crippen molar-refractivity contribution in [3.63, 3.8) is 0 Å². The largest absolute Gasteiger partial charge is 0.435 e. The molecule has 7 nitrogen and oxygen atoms in total. The van der Waals surface area contributed by atoms with Crippen LogP contribution in [-0.2, 0) is 43.6 Å². The molecule has 0 unspecified atom stereocenters. The number of carbonyl (C=O) groups is 2. The van der Waals surface area contributed by atoms with Gasteiger partial charge in [-0.3, -0.25) is 9.59 Å². The zero-order valence-electron chi connectivity index (χ0n) is 16.4. The van der Waals surface area contributed by atoms with Crippen LogP contribution >= 0.6 is 11.6 Å². The number of alkyl halides is 6. The minimum atomic E-state index is -5.20. The molecule has 1 N–H and O–H groups in total. The van der Waals surface area contributed by atoms with E-state index < -0.39 is 47.2 Å². The van der Waals surface area contributed by atoms with E-state index in [2.05, 4.69) is 10.4 Å². The van der Waals surface area contributed by atoms with Crippen molar-refractivity contribution in [2.45, 2.75) is 37.4 Å². The molecule has 0 atom stereocenters. The van der Waals surface area contributed by atoms with Gasteiger partial charge in [-0.15, -0.1) is 0 Å². The number of hydrogen-bond acceptors (Lipinski definition) is 6. The highest BCUT2D eigenvalue weighted by molar-refractivity contribution is 6.32. The maximum atomic E-state index is 13.7. The first-order valence-electron chi connectivity index (χ1n) is 9.53. The topological polar surface area (TPSA) is 82.5 Å². The van der Waals surface area contributed by atoms with Crippen LogP contribution in [0.1, 0.15) is 35.4 Å². The van der Waals surface area contributed by atoms with E-state index in [-0.39, 0.29) is 59.2 Å². The summed E-state index contributed by atoms with van der Waals surface area (Å²) in [5, 5.41) is 5.68. The number of esters is 2. The number of nitrogens with one attached hydrogen (secondary N) is 1. The fourth-order valence-corrected chi connectivity index (χ4v) is 4.03. The summed E-state index contributed by atoms with van der Waals surface area (Å²) in [6.07, 6.45) is -10.9. The minimum absolute atomic E-state index is 0.0164. The summed E-state index contributed by atoms with van der Waals surface area (Å²) in [6.45, 7) is -0.121. The summed E-state index contributed by atoms with van der Waals surface area (Å²) in [5.74, 6) is -3.61. The third-order valence-corrected chi connectivity index (χ3v) is 5.45. The maximum absolute atomic E-state index is 13.7. The molecule has 1 aromatic heterocycles. The minimum Gasteiger partial charge on any atom is -0.416 e. The normalized spacial score (nSPS) is 18.9. The molecule has 178 valence electrons. The van der Waals surface area contributed by atoms with Gasteiger partial charge in [0.25, 0.3) is 5.79 Å². The van der Waals surface area contributed by atoms with Gasteiger partial charge < -0.3 is 14.8 Å². The molecule has 1 saturated heterocycles. The van der Waals surface area contributed by atoms with Crippen LogP contribution in [0.4, 0.5) is 26.3 Å². The molecule has 1 spiro atoms. The van der Waals surface area contributed by atoms with Gasteiger partial charge in [-0.1, -0.05) is 11.6 Å². The Balaban J connectivity index is 2.00. The average molecular weight is 498 g/mol. The second-order valence-electron chi connectivity index (χ2n) is 7.37. The van der Waals surface area contributed by atoms with Crippen molar-refractivity contribution >= 4 is 23.5 Å². The molecule has 0 saturated carbocycles. The van der Waals surface area contributed by atoms with Crippen molar-refractivity contribution in [2.75, 3.05) is 13.1 Å². The molecular formula is C19H14ClF6N3O4. The van der Waals surface area contributed by atoms with Gasteiger partial charge in [0.1, 0.15) is 5.69 Å².